The maximum absolute atomic E-state index is 14.2. The number of aromatic nitrogens is 5. The number of imidazole rings is 2. The molecular weight excluding hydrogens is 500 g/mol. The summed E-state index contributed by atoms with van der Waals surface area (Å²) in [6.45, 7) is 2.17. The number of H-pyrrole nitrogens is 1. The highest BCUT2D eigenvalue weighted by Crippen LogP contribution is 2.23. The Morgan fingerprint density at radius 2 is 1.68 bits per heavy atom. The van der Waals surface area contributed by atoms with E-state index in [1.54, 1.807) is 6.20 Å². The number of hydrogen-bond acceptors (Lipinski definition) is 6. The summed E-state index contributed by atoms with van der Waals surface area (Å²) in [5.74, 6) is -0.338. The van der Waals surface area contributed by atoms with Crippen LogP contribution in [-0.4, -0.2) is 68.3 Å². The summed E-state index contributed by atoms with van der Waals surface area (Å²) >= 11 is 0. The second kappa shape index (κ2) is 9.29. The van der Waals surface area contributed by atoms with Crippen molar-refractivity contribution in [2.24, 2.45) is 0 Å². The van der Waals surface area contributed by atoms with Crippen molar-refractivity contribution in [3.8, 4) is 0 Å². The van der Waals surface area contributed by atoms with Gasteiger partial charge in [0.15, 0.2) is 5.65 Å². The molecule has 0 amide bonds. The minimum absolute atomic E-state index is 0.182. The van der Waals surface area contributed by atoms with Gasteiger partial charge in [-0.25, -0.2) is 32.2 Å². The molecule has 0 atom stereocenters. The number of aromatic amines is 1. The number of benzene rings is 2. The number of nitrogens with zero attached hydrogens (tertiary/aromatic N) is 6. The molecule has 5 aromatic rings. The Morgan fingerprint density at radius 3 is 2.46 bits per heavy atom. The van der Waals surface area contributed by atoms with Crippen molar-refractivity contribution in [2.45, 2.75) is 18.0 Å². The summed E-state index contributed by atoms with van der Waals surface area (Å²) in [6.07, 6.45) is 1.72. The van der Waals surface area contributed by atoms with Crippen molar-refractivity contribution in [1.82, 2.24) is 33.7 Å². The minimum Gasteiger partial charge on any atom is -0.340 e. The Morgan fingerprint density at radius 1 is 0.892 bits per heavy atom. The first-order valence-electron chi connectivity index (χ1n) is 11.8. The first kappa shape index (κ1) is 23.6. The molecule has 2 aromatic carbocycles. The molecule has 0 unspecified atom stereocenters. The Balaban J connectivity index is 1.21. The van der Waals surface area contributed by atoms with Crippen LogP contribution in [0.2, 0.25) is 0 Å². The molecular formula is C25H23F2N7O2S. The summed E-state index contributed by atoms with van der Waals surface area (Å²) in [5.41, 5.74) is 3.34. The average molecular weight is 524 g/mol. The van der Waals surface area contributed by atoms with Crippen LogP contribution in [0.4, 0.5) is 8.78 Å². The summed E-state index contributed by atoms with van der Waals surface area (Å²) in [5, 5.41) is 0. The zero-order valence-corrected chi connectivity index (χ0v) is 20.5. The lowest BCUT2D eigenvalue weighted by Crippen LogP contribution is -2.48. The Kier molecular flexibility index (Phi) is 5.94. The number of hydrogen-bond donors (Lipinski definition) is 1. The van der Waals surface area contributed by atoms with Crippen molar-refractivity contribution in [3.63, 3.8) is 0 Å². The summed E-state index contributed by atoms with van der Waals surface area (Å²) in [7, 11) is -4.07. The predicted octanol–water partition coefficient (Wildman–Crippen LogP) is 3.14. The molecule has 1 aliphatic heterocycles. The first-order valence-corrected chi connectivity index (χ1v) is 13.2. The highest BCUT2D eigenvalue weighted by molar-refractivity contribution is 7.89. The lowest BCUT2D eigenvalue weighted by Gasteiger charge is -2.33. The fourth-order valence-corrected chi connectivity index (χ4v) is 6.14. The van der Waals surface area contributed by atoms with E-state index in [9.17, 15) is 17.2 Å². The van der Waals surface area contributed by atoms with E-state index in [1.165, 1.54) is 4.31 Å². The molecule has 0 saturated carbocycles. The SMILES string of the molecule is O=S(=O)(c1ccc(F)cc1F)N1CCN(Cc2nc3cccnc3n2Cc2nc3ccccc3[nH]2)CC1. The predicted molar refractivity (Wildman–Crippen MR) is 133 cm³/mol. The molecule has 0 aliphatic carbocycles. The highest BCUT2D eigenvalue weighted by atomic mass is 32.2. The van der Waals surface area contributed by atoms with Gasteiger partial charge in [0.25, 0.3) is 0 Å². The van der Waals surface area contributed by atoms with E-state index >= 15 is 0 Å². The molecule has 9 nitrogen and oxygen atoms in total. The van der Waals surface area contributed by atoms with Crippen LogP contribution in [0.5, 0.6) is 0 Å². The van der Waals surface area contributed by atoms with Gasteiger partial charge in [-0.05, 0) is 36.4 Å². The average Bonchev–Trinajstić information content (AvgIpc) is 3.45. The molecule has 0 bridgehead atoms. The van der Waals surface area contributed by atoms with Crippen molar-refractivity contribution in [1.29, 1.82) is 0 Å². The van der Waals surface area contributed by atoms with Crippen LogP contribution < -0.4 is 0 Å². The molecule has 1 saturated heterocycles. The van der Waals surface area contributed by atoms with E-state index in [-0.39, 0.29) is 13.1 Å². The van der Waals surface area contributed by atoms with E-state index in [1.807, 2.05) is 41.0 Å². The third kappa shape index (κ3) is 4.47. The second-order valence-electron chi connectivity index (χ2n) is 8.92. The number of sulfonamides is 1. The van der Waals surface area contributed by atoms with Crippen molar-refractivity contribution < 1.29 is 17.2 Å². The Hall–Kier alpha value is -3.74. The zero-order chi connectivity index (χ0) is 25.6. The third-order valence-corrected chi connectivity index (χ3v) is 8.47. The normalized spacial score (nSPS) is 15.6. The Labute approximate surface area is 211 Å². The lowest BCUT2D eigenvalue weighted by atomic mass is 10.3. The second-order valence-corrected chi connectivity index (χ2v) is 10.8. The van der Waals surface area contributed by atoms with Crippen molar-refractivity contribution >= 4 is 32.2 Å². The molecule has 12 heteroatoms. The van der Waals surface area contributed by atoms with Crippen LogP contribution in [-0.2, 0) is 23.1 Å². The molecule has 1 aliphatic rings. The van der Waals surface area contributed by atoms with Crippen LogP contribution in [0.15, 0.2) is 65.7 Å². The van der Waals surface area contributed by atoms with Crippen molar-refractivity contribution in [3.05, 3.63) is 84.1 Å². The van der Waals surface area contributed by atoms with Crippen LogP contribution in [0.3, 0.4) is 0 Å². The van der Waals surface area contributed by atoms with Gasteiger partial charge in [-0.2, -0.15) is 4.31 Å². The summed E-state index contributed by atoms with van der Waals surface area (Å²) in [6, 6.07) is 14.1. The van der Waals surface area contributed by atoms with E-state index in [0.29, 0.717) is 32.2 Å². The number of rotatable bonds is 6. The van der Waals surface area contributed by atoms with Gasteiger partial charge in [-0.15, -0.1) is 0 Å². The fourth-order valence-electron chi connectivity index (χ4n) is 4.67. The maximum atomic E-state index is 14.2. The third-order valence-electron chi connectivity index (χ3n) is 6.54. The number of fused-ring (bicyclic) bond motifs is 2. The fraction of sp³-hybridized carbons (Fsp3) is 0.240. The van der Waals surface area contributed by atoms with Crippen LogP contribution in [0, 0.1) is 11.6 Å². The van der Waals surface area contributed by atoms with E-state index < -0.39 is 26.6 Å². The molecule has 3 aromatic heterocycles. The van der Waals surface area contributed by atoms with Gasteiger partial charge in [0.2, 0.25) is 10.0 Å². The van der Waals surface area contributed by atoms with E-state index in [0.717, 1.165) is 46.0 Å². The van der Waals surface area contributed by atoms with Gasteiger partial charge >= 0.3 is 0 Å². The van der Waals surface area contributed by atoms with Gasteiger partial charge in [-0.3, -0.25) is 4.90 Å². The largest absolute Gasteiger partial charge is 0.340 e. The number of piperazine rings is 1. The quantitative estimate of drug-likeness (QED) is 0.367. The monoisotopic (exact) mass is 523 g/mol. The molecule has 37 heavy (non-hydrogen) atoms. The minimum atomic E-state index is -4.07. The van der Waals surface area contributed by atoms with Gasteiger partial charge in [0.05, 0.1) is 24.1 Å². The van der Waals surface area contributed by atoms with E-state index in [2.05, 4.69) is 19.9 Å². The maximum Gasteiger partial charge on any atom is 0.246 e. The number of para-hydroxylation sites is 2. The molecule has 1 fully saturated rings. The highest BCUT2D eigenvalue weighted by Gasteiger charge is 2.31. The van der Waals surface area contributed by atoms with Crippen molar-refractivity contribution in [2.75, 3.05) is 26.2 Å². The summed E-state index contributed by atoms with van der Waals surface area (Å²) in [4.78, 5) is 18.9. The van der Waals surface area contributed by atoms with Crippen LogP contribution in [0.25, 0.3) is 22.2 Å². The number of nitrogens with one attached hydrogen (secondary N) is 1. The molecule has 4 heterocycles. The Bertz CT molecular complexity index is 1680. The van der Waals surface area contributed by atoms with Crippen LogP contribution in [0.1, 0.15) is 11.6 Å². The smallest absolute Gasteiger partial charge is 0.246 e. The molecule has 0 radical (unpaired) electrons. The number of halogens is 2. The lowest BCUT2D eigenvalue weighted by molar-refractivity contribution is 0.176. The zero-order valence-electron chi connectivity index (χ0n) is 19.7. The van der Waals surface area contributed by atoms with Gasteiger partial charge < -0.3 is 9.55 Å². The van der Waals surface area contributed by atoms with Gasteiger partial charge in [-0.1, -0.05) is 12.1 Å². The topological polar surface area (TPSA) is 100 Å². The molecule has 0 spiro atoms. The van der Waals surface area contributed by atoms with E-state index in [4.69, 9.17) is 4.98 Å². The molecule has 190 valence electrons. The number of pyridine rings is 1. The molecule has 1 N–H and O–H groups in total. The molecule has 6 rings (SSSR count). The summed E-state index contributed by atoms with van der Waals surface area (Å²) < 4.78 is 56.6. The van der Waals surface area contributed by atoms with Crippen LogP contribution >= 0.6 is 0 Å². The van der Waals surface area contributed by atoms with Gasteiger partial charge in [0, 0.05) is 38.4 Å². The standard InChI is InChI=1S/C25H23F2N7O2S/c26-17-7-8-22(18(27)14-17)37(35,36)33-12-10-32(11-13-33)16-24-31-21-6-3-9-28-25(21)34(24)15-23-29-19-4-1-2-5-20(19)30-23/h1-9,14H,10-13,15-16H2,(H,29,30). The first-order chi connectivity index (χ1) is 17.9. The van der Waals surface area contributed by atoms with Gasteiger partial charge in [0.1, 0.15) is 33.7 Å².